The number of benzene rings is 1. The molecule has 1 aromatic carbocycles. The molecule has 18 heavy (non-hydrogen) atoms. The van der Waals surface area contributed by atoms with Gasteiger partial charge in [-0.1, -0.05) is 19.1 Å². The van der Waals surface area contributed by atoms with Gasteiger partial charge >= 0.3 is 0 Å². The standard InChI is InChI=1S/C14H20N2O2/c1-3-8-15-14(17)13-10-16(13)9-11-4-6-12(18-2)7-5-11/h4-7,13H,3,8-10H2,1-2H3,(H,15,17)/t13-,16?/m1/s1. The highest BCUT2D eigenvalue weighted by molar-refractivity contribution is 5.84. The third-order valence-corrected chi connectivity index (χ3v) is 3.11. The van der Waals surface area contributed by atoms with Crippen molar-refractivity contribution in [3.63, 3.8) is 0 Å². The van der Waals surface area contributed by atoms with E-state index in [1.807, 2.05) is 24.3 Å². The van der Waals surface area contributed by atoms with Crippen LogP contribution in [0.4, 0.5) is 0 Å². The first kappa shape index (κ1) is 12.9. The number of nitrogens with one attached hydrogen (secondary N) is 1. The molecule has 1 aromatic rings. The Balaban J connectivity index is 1.79. The number of hydrogen-bond acceptors (Lipinski definition) is 3. The molecule has 2 atom stereocenters. The van der Waals surface area contributed by atoms with Crippen LogP contribution in [0.2, 0.25) is 0 Å². The van der Waals surface area contributed by atoms with Gasteiger partial charge in [0.1, 0.15) is 11.8 Å². The minimum Gasteiger partial charge on any atom is -0.497 e. The molecule has 0 aromatic heterocycles. The molecule has 1 aliphatic rings. The van der Waals surface area contributed by atoms with E-state index in [2.05, 4.69) is 17.1 Å². The van der Waals surface area contributed by atoms with Crippen LogP contribution in [0.5, 0.6) is 5.75 Å². The van der Waals surface area contributed by atoms with Crippen LogP contribution in [0.3, 0.4) is 0 Å². The minimum atomic E-state index is 0.0682. The van der Waals surface area contributed by atoms with Crippen molar-refractivity contribution in [2.45, 2.75) is 25.9 Å². The van der Waals surface area contributed by atoms with Crippen molar-refractivity contribution < 1.29 is 9.53 Å². The van der Waals surface area contributed by atoms with E-state index < -0.39 is 0 Å². The zero-order valence-corrected chi connectivity index (χ0v) is 11.0. The number of methoxy groups -OCH3 is 1. The maximum atomic E-state index is 11.7. The molecule has 1 amide bonds. The van der Waals surface area contributed by atoms with Crippen molar-refractivity contribution in [3.05, 3.63) is 29.8 Å². The Hall–Kier alpha value is -1.55. The zero-order chi connectivity index (χ0) is 13.0. The summed E-state index contributed by atoms with van der Waals surface area (Å²) in [5.74, 6) is 1.02. The second-order valence-corrected chi connectivity index (χ2v) is 4.58. The quantitative estimate of drug-likeness (QED) is 0.774. The lowest BCUT2D eigenvalue weighted by atomic mass is 10.2. The Labute approximate surface area is 108 Å². The fourth-order valence-corrected chi connectivity index (χ4v) is 1.93. The highest BCUT2D eigenvalue weighted by Crippen LogP contribution is 2.22. The second kappa shape index (κ2) is 5.87. The second-order valence-electron chi connectivity index (χ2n) is 4.58. The summed E-state index contributed by atoms with van der Waals surface area (Å²) in [4.78, 5) is 13.9. The predicted octanol–water partition coefficient (Wildman–Crippen LogP) is 1.41. The lowest BCUT2D eigenvalue weighted by molar-refractivity contribution is -0.121. The van der Waals surface area contributed by atoms with E-state index in [-0.39, 0.29) is 11.9 Å². The van der Waals surface area contributed by atoms with Gasteiger partial charge in [-0.25, -0.2) is 0 Å². The van der Waals surface area contributed by atoms with Gasteiger partial charge in [0.15, 0.2) is 0 Å². The van der Waals surface area contributed by atoms with Gasteiger partial charge < -0.3 is 10.1 Å². The molecule has 1 unspecified atom stereocenters. The Morgan fingerprint density at radius 1 is 1.44 bits per heavy atom. The average molecular weight is 248 g/mol. The number of ether oxygens (including phenoxy) is 1. The third-order valence-electron chi connectivity index (χ3n) is 3.11. The monoisotopic (exact) mass is 248 g/mol. The summed E-state index contributed by atoms with van der Waals surface area (Å²) in [5, 5.41) is 2.93. The summed E-state index contributed by atoms with van der Waals surface area (Å²) < 4.78 is 5.12. The summed E-state index contributed by atoms with van der Waals surface area (Å²) in [7, 11) is 1.66. The molecule has 1 saturated heterocycles. The van der Waals surface area contributed by atoms with Crippen molar-refractivity contribution in [2.75, 3.05) is 20.2 Å². The minimum absolute atomic E-state index is 0.0682. The Kier molecular flexibility index (Phi) is 4.20. The van der Waals surface area contributed by atoms with Gasteiger partial charge in [-0.15, -0.1) is 0 Å². The van der Waals surface area contributed by atoms with E-state index >= 15 is 0 Å². The number of carbonyl (C=O) groups is 1. The fraction of sp³-hybridized carbons (Fsp3) is 0.500. The highest BCUT2D eigenvalue weighted by Gasteiger charge is 2.39. The molecule has 0 bridgehead atoms. The van der Waals surface area contributed by atoms with Gasteiger partial charge in [0.25, 0.3) is 0 Å². The molecule has 1 N–H and O–H groups in total. The Bertz CT molecular complexity index is 403. The lowest BCUT2D eigenvalue weighted by Gasteiger charge is -2.06. The molecule has 2 rings (SSSR count). The van der Waals surface area contributed by atoms with Gasteiger partial charge in [-0.05, 0) is 24.1 Å². The summed E-state index contributed by atoms with van der Waals surface area (Å²) in [5.41, 5.74) is 1.21. The van der Waals surface area contributed by atoms with Crippen LogP contribution in [-0.4, -0.2) is 37.0 Å². The number of nitrogens with zero attached hydrogens (tertiary/aromatic N) is 1. The smallest absolute Gasteiger partial charge is 0.238 e. The topological polar surface area (TPSA) is 41.3 Å². The normalized spacial score (nSPS) is 21.4. The van der Waals surface area contributed by atoms with Crippen LogP contribution in [0.15, 0.2) is 24.3 Å². The molecule has 1 fully saturated rings. The van der Waals surface area contributed by atoms with Crippen molar-refractivity contribution in [1.82, 2.24) is 10.2 Å². The third kappa shape index (κ3) is 3.23. The van der Waals surface area contributed by atoms with Crippen LogP contribution >= 0.6 is 0 Å². The van der Waals surface area contributed by atoms with Crippen LogP contribution in [-0.2, 0) is 11.3 Å². The number of amides is 1. The SMILES string of the molecule is CCCNC(=O)[C@H]1CN1Cc1ccc(OC)cc1. The fourth-order valence-electron chi connectivity index (χ4n) is 1.93. The average Bonchev–Trinajstić information content (AvgIpc) is 3.16. The van der Waals surface area contributed by atoms with Gasteiger partial charge in [0, 0.05) is 19.6 Å². The molecule has 1 aliphatic heterocycles. The zero-order valence-electron chi connectivity index (χ0n) is 11.0. The van der Waals surface area contributed by atoms with Crippen LogP contribution in [0, 0.1) is 0 Å². The summed E-state index contributed by atoms with van der Waals surface area (Å²) in [6.45, 7) is 4.52. The summed E-state index contributed by atoms with van der Waals surface area (Å²) in [6, 6.07) is 8.05. The van der Waals surface area contributed by atoms with E-state index in [9.17, 15) is 4.79 Å². The first-order valence-corrected chi connectivity index (χ1v) is 6.39. The van der Waals surface area contributed by atoms with Crippen molar-refractivity contribution in [3.8, 4) is 5.75 Å². The lowest BCUT2D eigenvalue weighted by Crippen LogP contribution is -2.30. The molecule has 4 nitrogen and oxygen atoms in total. The molecule has 0 spiro atoms. The molecule has 0 radical (unpaired) electrons. The first-order valence-electron chi connectivity index (χ1n) is 6.39. The summed E-state index contributed by atoms with van der Waals surface area (Å²) in [6.07, 6.45) is 0.983. The van der Waals surface area contributed by atoms with Gasteiger partial charge in [0.05, 0.1) is 7.11 Å². The van der Waals surface area contributed by atoms with E-state index in [1.165, 1.54) is 5.56 Å². The van der Waals surface area contributed by atoms with Gasteiger partial charge in [-0.3, -0.25) is 9.69 Å². The number of rotatable bonds is 6. The van der Waals surface area contributed by atoms with Crippen LogP contribution in [0.25, 0.3) is 0 Å². The predicted molar refractivity (Wildman–Crippen MR) is 70.5 cm³/mol. The van der Waals surface area contributed by atoms with Crippen LogP contribution in [0.1, 0.15) is 18.9 Å². The molecule has 1 heterocycles. The molecule has 0 saturated carbocycles. The number of hydrogen-bond donors (Lipinski definition) is 1. The maximum Gasteiger partial charge on any atom is 0.238 e. The van der Waals surface area contributed by atoms with Crippen LogP contribution < -0.4 is 10.1 Å². The first-order chi connectivity index (χ1) is 8.74. The largest absolute Gasteiger partial charge is 0.497 e. The molecular weight excluding hydrogens is 228 g/mol. The summed E-state index contributed by atoms with van der Waals surface area (Å²) >= 11 is 0. The van der Waals surface area contributed by atoms with Gasteiger partial charge in [-0.2, -0.15) is 0 Å². The van der Waals surface area contributed by atoms with Crippen molar-refractivity contribution >= 4 is 5.91 Å². The van der Waals surface area contributed by atoms with E-state index in [0.717, 1.165) is 31.8 Å². The molecule has 98 valence electrons. The highest BCUT2D eigenvalue weighted by atomic mass is 16.5. The Morgan fingerprint density at radius 2 is 2.17 bits per heavy atom. The van der Waals surface area contributed by atoms with Crippen molar-refractivity contribution in [2.24, 2.45) is 0 Å². The van der Waals surface area contributed by atoms with Gasteiger partial charge in [0.2, 0.25) is 5.91 Å². The van der Waals surface area contributed by atoms with E-state index in [4.69, 9.17) is 4.74 Å². The number of carbonyl (C=O) groups excluding carboxylic acids is 1. The van der Waals surface area contributed by atoms with E-state index in [0.29, 0.717) is 0 Å². The molecule has 4 heteroatoms. The molecule has 0 aliphatic carbocycles. The van der Waals surface area contributed by atoms with E-state index in [1.54, 1.807) is 7.11 Å². The Morgan fingerprint density at radius 3 is 2.78 bits per heavy atom. The maximum absolute atomic E-state index is 11.7. The van der Waals surface area contributed by atoms with Crippen molar-refractivity contribution in [1.29, 1.82) is 0 Å². The molecular formula is C14H20N2O2.